The number of aromatic nitrogens is 1. The Kier molecular flexibility index (Phi) is 6.38. The quantitative estimate of drug-likeness (QED) is 0.550. The van der Waals surface area contributed by atoms with Crippen LogP contribution in [0, 0.1) is 0 Å². The van der Waals surface area contributed by atoms with Crippen LogP contribution in [0.5, 0.6) is 0 Å². The van der Waals surface area contributed by atoms with Crippen LogP contribution in [0.25, 0.3) is 0 Å². The van der Waals surface area contributed by atoms with E-state index in [2.05, 4.69) is 10.3 Å². The molecule has 1 fully saturated rings. The molecule has 0 aliphatic carbocycles. The first-order valence-corrected chi connectivity index (χ1v) is 10.1. The smallest absolute Gasteiger partial charge is 0.312 e. The fourth-order valence-corrected chi connectivity index (χ4v) is 3.82. The summed E-state index contributed by atoms with van der Waals surface area (Å²) in [7, 11) is 0. The number of ether oxygens (including phenoxy) is 1. The average molecular weight is 415 g/mol. The molecule has 1 aromatic heterocycles. The molecule has 2 heterocycles. The van der Waals surface area contributed by atoms with Crippen molar-refractivity contribution < 1.29 is 23.9 Å². The van der Waals surface area contributed by atoms with Crippen LogP contribution in [0.2, 0.25) is 0 Å². The number of anilines is 2. The third-order valence-corrected chi connectivity index (χ3v) is 5.25. The first kappa shape index (κ1) is 20.7. The number of benzene rings is 1. The van der Waals surface area contributed by atoms with E-state index < -0.39 is 12.1 Å². The molecule has 0 bridgehead atoms. The zero-order chi connectivity index (χ0) is 21.0. The number of hydrogen-bond donors (Lipinski definition) is 1. The summed E-state index contributed by atoms with van der Waals surface area (Å²) in [5.41, 5.74) is 1.46. The number of thiazole rings is 1. The molecule has 8 nitrogen and oxygen atoms in total. The van der Waals surface area contributed by atoms with E-state index in [1.54, 1.807) is 34.5 Å². The molecule has 152 valence electrons. The Morgan fingerprint density at radius 3 is 2.62 bits per heavy atom. The molecule has 1 saturated heterocycles. The molecule has 0 saturated carbocycles. The van der Waals surface area contributed by atoms with Gasteiger partial charge in [0.15, 0.2) is 11.2 Å². The number of Topliss-reactive ketones (excluding diaryl/α,β-unsaturated/α-hetero) is 1. The van der Waals surface area contributed by atoms with E-state index in [0.29, 0.717) is 35.0 Å². The molecule has 0 spiro atoms. The zero-order valence-electron chi connectivity index (χ0n) is 16.1. The van der Waals surface area contributed by atoms with Crippen LogP contribution in [0.4, 0.5) is 10.8 Å². The Balaban J connectivity index is 1.54. The van der Waals surface area contributed by atoms with E-state index in [1.807, 2.05) is 0 Å². The van der Waals surface area contributed by atoms with Crippen LogP contribution in [-0.4, -0.2) is 41.2 Å². The van der Waals surface area contributed by atoms with Gasteiger partial charge in [-0.25, -0.2) is 4.98 Å². The van der Waals surface area contributed by atoms with Crippen LogP contribution < -0.4 is 10.2 Å². The molecule has 1 atom stereocenters. The molecule has 2 aromatic rings. The topological polar surface area (TPSA) is 106 Å². The van der Waals surface area contributed by atoms with Crippen LogP contribution in [0.3, 0.4) is 0 Å². The maximum absolute atomic E-state index is 12.5. The summed E-state index contributed by atoms with van der Waals surface area (Å²) < 4.78 is 5.25. The number of nitrogens with one attached hydrogen (secondary N) is 1. The monoisotopic (exact) mass is 415 g/mol. The van der Waals surface area contributed by atoms with Crippen molar-refractivity contribution in [1.82, 2.24) is 4.98 Å². The van der Waals surface area contributed by atoms with Gasteiger partial charge in [0.2, 0.25) is 17.6 Å². The summed E-state index contributed by atoms with van der Waals surface area (Å²) in [5, 5.41) is 4.92. The van der Waals surface area contributed by atoms with E-state index in [4.69, 9.17) is 4.74 Å². The first-order chi connectivity index (χ1) is 13.8. The second-order valence-electron chi connectivity index (χ2n) is 6.70. The van der Waals surface area contributed by atoms with E-state index in [-0.39, 0.29) is 24.0 Å². The lowest BCUT2D eigenvalue weighted by atomic mass is 10.1. The SMILES string of the molecule is CC(=O)Nc1ccc(C(=O)[C@H](C)OC(=O)Cc2csc(N3CCCC3=O)n2)cc1. The number of amides is 2. The molecule has 0 unspecified atom stereocenters. The molecule has 0 radical (unpaired) electrons. The number of esters is 1. The summed E-state index contributed by atoms with van der Waals surface area (Å²) in [4.78, 5) is 53.4. The minimum absolute atomic E-state index is 0.0391. The van der Waals surface area contributed by atoms with Crippen molar-refractivity contribution in [3.8, 4) is 0 Å². The molecule has 2 amide bonds. The van der Waals surface area contributed by atoms with E-state index in [1.165, 1.54) is 25.2 Å². The van der Waals surface area contributed by atoms with E-state index >= 15 is 0 Å². The number of nitrogens with zero attached hydrogens (tertiary/aromatic N) is 2. The highest BCUT2D eigenvalue weighted by molar-refractivity contribution is 7.14. The Morgan fingerprint density at radius 1 is 1.28 bits per heavy atom. The maximum atomic E-state index is 12.5. The minimum Gasteiger partial charge on any atom is -0.454 e. The number of ketones is 1. The van der Waals surface area contributed by atoms with Gasteiger partial charge < -0.3 is 10.1 Å². The first-order valence-electron chi connectivity index (χ1n) is 9.19. The summed E-state index contributed by atoms with van der Waals surface area (Å²) in [6, 6.07) is 6.36. The highest BCUT2D eigenvalue weighted by Crippen LogP contribution is 2.25. The third kappa shape index (κ3) is 5.26. The van der Waals surface area contributed by atoms with Crippen LogP contribution in [0.1, 0.15) is 42.7 Å². The van der Waals surface area contributed by atoms with Gasteiger partial charge in [0.1, 0.15) is 0 Å². The number of carbonyl (C=O) groups excluding carboxylic acids is 4. The summed E-state index contributed by atoms with van der Waals surface area (Å²) in [6.07, 6.45) is 0.300. The highest BCUT2D eigenvalue weighted by Gasteiger charge is 2.25. The van der Waals surface area contributed by atoms with Crippen molar-refractivity contribution in [1.29, 1.82) is 0 Å². The maximum Gasteiger partial charge on any atom is 0.312 e. The van der Waals surface area contributed by atoms with Crippen molar-refractivity contribution in [2.24, 2.45) is 0 Å². The highest BCUT2D eigenvalue weighted by atomic mass is 32.1. The van der Waals surface area contributed by atoms with Crippen molar-refractivity contribution in [3.05, 3.63) is 40.9 Å². The standard InChI is InChI=1S/C20H21N3O5S/c1-12(19(27)14-5-7-15(8-6-14)21-13(2)24)28-18(26)10-16-11-29-20(22-16)23-9-3-4-17(23)25/h5-8,11-12H,3-4,9-10H2,1-2H3,(H,21,24)/t12-/m0/s1. The Morgan fingerprint density at radius 2 is 2.00 bits per heavy atom. The summed E-state index contributed by atoms with van der Waals surface area (Å²) in [5.74, 6) is -1.07. The predicted octanol–water partition coefficient (Wildman–Crippen LogP) is 2.59. The molecule has 9 heteroatoms. The van der Waals surface area contributed by atoms with Crippen molar-refractivity contribution in [2.75, 3.05) is 16.8 Å². The second-order valence-corrected chi connectivity index (χ2v) is 7.54. The van der Waals surface area contributed by atoms with Gasteiger partial charge in [0, 0.05) is 36.5 Å². The molecular weight excluding hydrogens is 394 g/mol. The van der Waals surface area contributed by atoms with Gasteiger partial charge in [-0.1, -0.05) is 0 Å². The Bertz CT molecular complexity index is 938. The lowest BCUT2D eigenvalue weighted by Crippen LogP contribution is -2.25. The predicted molar refractivity (Wildman–Crippen MR) is 108 cm³/mol. The van der Waals surface area contributed by atoms with Gasteiger partial charge in [-0.05, 0) is 37.6 Å². The van der Waals surface area contributed by atoms with E-state index in [0.717, 1.165) is 6.42 Å². The largest absolute Gasteiger partial charge is 0.454 e. The molecule has 1 N–H and O–H groups in total. The fraction of sp³-hybridized carbons (Fsp3) is 0.350. The number of hydrogen-bond acceptors (Lipinski definition) is 7. The molecule has 1 aromatic carbocycles. The molecule has 1 aliphatic rings. The van der Waals surface area contributed by atoms with Gasteiger partial charge in [0.05, 0.1) is 12.1 Å². The third-order valence-electron chi connectivity index (χ3n) is 4.34. The number of carbonyl (C=O) groups is 4. The van der Waals surface area contributed by atoms with Gasteiger partial charge >= 0.3 is 5.97 Å². The Labute approximate surface area is 171 Å². The lowest BCUT2D eigenvalue weighted by Gasteiger charge is -2.12. The van der Waals surface area contributed by atoms with Gasteiger partial charge in [0.25, 0.3) is 0 Å². The molecular formula is C20H21N3O5S. The van der Waals surface area contributed by atoms with Gasteiger partial charge in [-0.15, -0.1) is 11.3 Å². The lowest BCUT2D eigenvalue weighted by molar-refractivity contribution is -0.145. The summed E-state index contributed by atoms with van der Waals surface area (Å²) >= 11 is 1.31. The van der Waals surface area contributed by atoms with Crippen LogP contribution >= 0.6 is 11.3 Å². The average Bonchev–Trinajstić information content (AvgIpc) is 3.29. The summed E-state index contributed by atoms with van der Waals surface area (Å²) in [6.45, 7) is 3.55. The molecule has 29 heavy (non-hydrogen) atoms. The van der Waals surface area contributed by atoms with Crippen molar-refractivity contribution in [3.63, 3.8) is 0 Å². The fourth-order valence-electron chi connectivity index (χ4n) is 2.95. The van der Waals surface area contributed by atoms with Gasteiger partial charge in [-0.2, -0.15) is 0 Å². The molecule has 1 aliphatic heterocycles. The second kappa shape index (κ2) is 8.95. The van der Waals surface area contributed by atoms with E-state index in [9.17, 15) is 19.2 Å². The minimum atomic E-state index is -0.951. The molecule has 3 rings (SSSR count). The van der Waals surface area contributed by atoms with Crippen LogP contribution in [-0.2, 0) is 25.5 Å². The van der Waals surface area contributed by atoms with Crippen molar-refractivity contribution >= 4 is 45.7 Å². The van der Waals surface area contributed by atoms with Crippen molar-refractivity contribution in [2.45, 2.75) is 39.2 Å². The zero-order valence-corrected chi connectivity index (χ0v) is 17.0. The normalized spacial score (nSPS) is 14.6. The van der Waals surface area contributed by atoms with Crippen LogP contribution in [0.15, 0.2) is 29.6 Å². The number of rotatable bonds is 7. The van der Waals surface area contributed by atoms with Gasteiger partial charge in [-0.3, -0.25) is 24.1 Å². The Hall–Kier alpha value is -3.07.